The highest BCUT2D eigenvalue weighted by Crippen LogP contribution is 2.49. The summed E-state index contributed by atoms with van der Waals surface area (Å²) in [5.74, 6) is -26.9. The second kappa shape index (κ2) is 10.4. The fourth-order valence-corrected chi connectivity index (χ4v) is 2.91. The fourth-order valence-electron chi connectivity index (χ4n) is 2.91. The predicted molar refractivity (Wildman–Crippen MR) is 93.1 cm³/mol. The van der Waals surface area contributed by atoms with E-state index in [2.05, 4.69) is 9.47 Å². The van der Waals surface area contributed by atoms with Crippen LogP contribution in [0.1, 0.15) is 53.4 Å². The lowest BCUT2D eigenvalue weighted by atomic mass is 9.78. The SMILES string of the molecule is CC(C)(F)OC(F)(F)C(F)(F)CC(CC(=O)O)C(CC(=O)O)CC(F)(F)C(F)(F)OC(C)(C)F. The summed E-state index contributed by atoms with van der Waals surface area (Å²) in [5.41, 5.74) is 0. The van der Waals surface area contributed by atoms with Gasteiger partial charge in [0.2, 0.25) is 11.7 Å². The monoisotopic (exact) mass is 526 g/mol. The van der Waals surface area contributed by atoms with Gasteiger partial charge in [0.1, 0.15) is 0 Å². The van der Waals surface area contributed by atoms with Gasteiger partial charge in [-0.05, 0) is 39.5 Å². The molecule has 0 aliphatic carbocycles. The van der Waals surface area contributed by atoms with Crippen LogP contribution < -0.4 is 0 Å². The molecule has 0 fully saturated rings. The van der Waals surface area contributed by atoms with Crippen LogP contribution in [-0.4, -0.2) is 57.9 Å². The Kier molecular flexibility index (Phi) is 9.85. The second-order valence-electron chi connectivity index (χ2n) is 8.50. The average Bonchev–Trinajstić information content (AvgIpc) is 2.46. The molecule has 0 bridgehead atoms. The quantitative estimate of drug-likeness (QED) is 0.260. The Hall–Kier alpha value is -1.84. The molecule has 2 N–H and O–H groups in total. The maximum absolute atomic E-state index is 14.2. The minimum absolute atomic E-state index is 0.313. The number of hydrogen-bond acceptors (Lipinski definition) is 4. The van der Waals surface area contributed by atoms with Gasteiger partial charge in [-0.1, -0.05) is 0 Å². The van der Waals surface area contributed by atoms with E-state index in [1.165, 1.54) is 0 Å². The van der Waals surface area contributed by atoms with Gasteiger partial charge in [-0.3, -0.25) is 19.1 Å². The molecule has 0 radical (unpaired) electrons. The third kappa shape index (κ3) is 10.2. The Morgan fingerprint density at radius 2 is 0.853 bits per heavy atom. The summed E-state index contributed by atoms with van der Waals surface area (Å²) in [4.78, 5) is 22.1. The molecule has 0 aromatic rings. The zero-order chi connectivity index (χ0) is 27.6. The Bertz CT molecular complexity index is 655. The molecule has 0 amide bonds. The van der Waals surface area contributed by atoms with E-state index in [1.807, 2.05) is 0 Å². The van der Waals surface area contributed by atoms with Crippen LogP contribution in [0.5, 0.6) is 0 Å². The number of halogens is 10. The molecule has 2 atom stereocenters. The minimum atomic E-state index is -5.64. The molecule has 6 nitrogen and oxygen atoms in total. The van der Waals surface area contributed by atoms with Gasteiger partial charge in [0, 0.05) is 25.7 Å². The first-order valence-corrected chi connectivity index (χ1v) is 9.44. The molecule has 0 aromatic carbocycles. The van der Waals surface area contributed by atoms with Gasteiger partial charge in [0.15, 0.2) is 0 Å². The summed E-state index contributed by atoms with van der Waals surface area (Å²) >= 11 is 0. The van der Waals surface area contributed by atoms with Gasteiger partial charge in [-0.2, -0.15) is 35.1 Å². The number of ether oxygens (including phenoxy) is 2. The van der Waals surface area contributed by atoms with E-state index >= 15 is 0 Å². The molecule has 0 saturated heterocycles. The highest BCUT2D eigenvalue weighted by molar-refractivity contribution is 5.68. The van der Waals surface area contributed by atoms with Gasteiger partial charge in [-0.25, -0.2) is 8.78 Å². The van der Waals surface area contributed by atoms with Crippen LogP contribution in [0.4, 0.5) is 43.9 Å². The number of carboxylic acids is 2. The largest absolute Gasteiger partial charge is 0.481 e. The molecular weight excluding hydrogens is 502 g/mol. The molecule has 0 spiro atoms. The van der Waals surface area contributed by atoms with Crippen molar-refractivity contribution in [3.8, 4) is 0 Å². The van der Waals surface area contributed by atoms with E-state index in [4.69, 9.17) is 10.2 Å². The van der Waals surface area contributed by atoms with Crippen LogP contribution in [0.2, 0.25) is 0 Å². The average molecular weight is 526 g/mol. The second-order valence-corrected chi connectivity index (χ2v) is 8.50. The van der Waals surface area contributed by atoms with Crippen molar-refractivity contribution in [3.63, 3.8) is 0 Å². The van der Waals surface area contributed by atoms with Crippen LogP contribution in [-0.2, 0) is 19.1 Å². The van der Waals surface area contributed by atoms with Crippen LogP contribution in [0.15, 0.2) is 0 Å². The lowest BCUT2D eigenvalue weighted by Crippen LogP contribution is -2.50. The smallest absolute Gasteiger partial charge is 0.421 e. The maximum atomic E-state index is 14.2. The number of rotatable bonds is 15. The summed E-state index contributed by atoms with van der Waals surface area (Å²) in [6, 6.07) is 0. The zero-order valence-electron chi connectivity index (χ0n) is 18.3. The Labute approximate surface area is 187 Å². The lowest BCUT2D eigenvalue weighted by Gasteiger charge is -2.36. The van der Waals surface area contributed by atoms with Crippen molar-refractivity contribution < 1.29 is 73.2 Å². The zero-order valence-corrected chi connectivity index (χ0v) is 18.3. The number of hydrogen-bond donors (Lipinski definition) is 2. The van der Waals surface area contributed by atoms with Crippen LogP contribution in [0, 0.1) is 11.8 Å². The van der Waals surface area contributed by atoms with Gasteiger partial charge in [0.25, 0.3) is 0 Å². The van der Waals surface area contributed by atoms with Crippen molar-refractivity contribution in [3.05, 3.63) is 0 Å². The van der Waals surface area contributed by atoms with Gasteiger partial charge < -0.3 is 10.2 Å². The number of alkyl halides is 10. The van der Waals surface area contributed by atoms with Gasteiger partial charge in [-0.15, -0.1) is 0 Å². The van der Waals surface area contributed by atoms with E-state index < -0.39 is 85.2 Å². The summed E-state index contributed by atoms with van der Waals surface area (Å²) < 4.78 is 146. The molecule has 0 rings (SSSR count). The molecule has 0 heterocycles. The van der Waals surface area contributed by atoms with Gasteiger partial charge >= 0.3 is 36.0 Å². The standard InChI is InChI=1S/C18H24F10O6/c1-13(2,19)33-17(25,26)15(21,22)7-9(5-11(29)30)10(6-12(31)32)8-16(23,24)18(27,28)34-14(3,4)20/h9-10H,5-8H2,1-4H3,(H,29,30)(H,31,32). The first-order valence-electron chi connectivity index (χ1n) is 9.44. The normalized spacial score (nSPS) is 16.3. The van der Waals surface area contributed by atoms with Crippen molar-refractivity contribution in [1.29, 1.82) is 0 Å². The molecule has 202 valence electrons. The summed E-state index contributed by atoms with van der Waals surface area (Å²) in [6.45, 7) is 1.25. The first-order chi connectivity index (χ1) is 14.7. The molecule has 16 heteroatoms. The molecule has 2 unspecified atom stereocenters. The number of aliphatic carboxylic acids is 2. The van der Waals surface area contributed by atoms with Gasteiger partial charge in [0.05, 0.1) is 0 Å². The van der Waals surface area contributed by atoms with Crippen molar-refractivity contribution >= 4 is 11.9 Å². The fraction of sp³-hybridized carbons (Fsp3) is 0.889. The Morgan fingerprint density at radius 1 is 0.618 bits per heavy atom. The number of carbonyl (C=O) groups is 2. The van der Waals surface area contributed by atoms with Crippen LogP contribution in [0.25, 0.3) is 0 Å². The third-order valence-corrected chi connectivity index (χ3v) is 4.17. The Balaban J connectivity index is 6.23. The highest BCUT2D eigenvalue weighted by Gasteiger charge is 2.64. The molecule has 34 heavy (non-hydrogen) atoms. The van der Waals surface area contributed by atoms with Crippen LogP contribution in [0.3, 0.4) is 0 Å². The minimum Gasteiger partial charge on any atom is -0.481 e. The van der Waals surface area contributed by atoms with Crippen LogP contribution >= 0.6 is 0 Å². The van der Waals surface area contributed by atoms with Crippen molar-refractivity contribution in [2.75, 3.05) is 0 Å². The molecule has 0 aliphatic rings. The van der Waals surface area contributed by atoms with Crippen molar-refractivity contribution in [2.45, 2.75) is 89.2 Å². The lowest BCUT2D eigenvalue weighted by molar-refractivity contribution is -0.402. The first kappa shape index (κ1) is 32.2. The summed E-state index contributed by atoms with van der Waals surface area (Å²) in [6.07, 6.45) is -19.3. The molecule has 0 aromatic heterocycles. The highest BCUT2D eigenvalue weighted by atomic mass is 19.3. The summed E-state index contributed by atoms with van der Waals surface area (Å²) in [7, 11) is 0. The van der Waals surface area contributed by atoms with E-state index in [0.717, 1.165) is 0 Å². The van der Waals surface area contributed by atoms with E-state index in [-0.39, 0.29) is 0 Å². The molecule has 0 saturated carbocycles. The van der Waals surface area contributed by atoms with E-state index in [1.54, 1.807) is 0 Å². The third-order valence-electron chi connectivity index (χ3n) is 4.17. The molecular formula is C18H24F10O6. The maximum Gasteiger partial charge on any atom is 0.421 e. The Morgan fingerprint density at radius 3 is 1.03 bits per heavy atom. The van der Waals surface area contributed by atoms with Crippen molar-refractivity contribution in [2.24, 2.45) is 11.8 Å². The summed E-state index contributed by atoms with van der Waals surface area (Å²) in [5, 5.41) is 17.8. The molecule has 0 aliphatic heterocycles. The van der Waals surface area contributed by atoms with E-state index in [0.29, 0.717) is 27.7 Å². The predicted octanol–water partition coefficient (Wildman–Crippen LogP) is 5.85. The topological polar surface area (TPSA) is 93.1 Å². The van der Waals surface area contributed by atoms with E-state index in [9.17, 15) is 53.5 Å². The number of carboxylic acid groups (broad SMARTS) is 2. The van der Waals surface area contributed by atoms with Crippen molar-refractivity contribution in [1.82, 2.24) is 0 Å².